The van der Waals surface area contributed by atoms with Gasteiger partial charge < -0.3 is 14.7 Å². The van der Waals surface area contributed by atoms with Crippen molar-refractivity contribution < 1.29 is 14.6 Å². The van der Waals surface area contributed by atoms with Gasteiger partial charge >= 0.3 is 0 Å². The van der Waals surface area contributed by atoms with Crippen molar-refractivity contribution >= 4 is 5.91 Å². The average molecular weight is 311 g/mol. The zero-order valence-corrected chi connectivity index (χ0v) is 13.4. The molecule has 1 fully saturated rings. The second kappa shape index (κ2) is 6.05. The summed E-state index contributed by atoms with van der Waals surface area (Å²) in [7, 11) is 1.63. The van der Waals surface area contributed by atoms with E-state index in [1.807, 2.05) is 54.6 Å². The molecule has 1 amide bonds. The monoisotopic (exact) mass is 311 g/mol. The number of hydrogen-bond donors (Lipinski definition) is 1. The van der Waals surface area contributed by atoms with E-state index in [0.717, 1.165) is 16.9 Å². The molecule has 0 radical (unpaired) electrons. The Labute approximate surface area is 136 Å². The first-order valence-electron chi connectivity index (χ1n) is 7.72. The molecule has 1 aliphatic heterocycles. The number of aliphatic hydroxyl groups is 1. The number of carbonyl (C=O) groups is 1. The lowest BCUT2D eigenvalue weighted by Gasteiger charge is -2.25. The molecule has 0 unspecified atom stereocenters. The molecular weight excluding hydrogens is 290 g/mol. The van der Waals surface area contributed by atoms with Crippen molar-refractivity contribution in [3.8, 4) is 5.75 Å². The van der Waals surface area contributed by atoms with Crippen LogP contribution in [0.2, 0.25) is 0 Å². The topological polar surface area (TPSA) is 49.8 Å². The van der Waals surface area contributed by atoms with Gasteiger partial charge in [0.15, 0.2) is 0 Å². The Hall–Kier alpha value is -2.33. The summed E-state index contributed by atoms with van der Waals surface area (Å²) >= 11 is 0. The molecule has 2 aromatic carbocycles. The lowest BCUT2D eigenvalue weighted by atomic mass is 9.98. The molecule has 4 nitrogen and oxygen atoms in total. The van der Waals surface area contributed by atoms with Crippen LogP contribution in [0.5, 0.6) is 5.75 Å². The van der Waals surface area contributed by atoms with Crippen molar-refractivity contribution in [3.63, 3.8) is 0 Å². The molecule has 0 aliphatic carbocycles. The minimum Gasteiger partial charge on any atom is -0.497 e. The molecule has 0 bridgehead atoms. The standard InChI is InChI=1S/C19H21NO3/c1-19(22)12-17(15-6-4-3-5-7-15)20(18(19)21)13-14-8-10-16(23-2)11-9-14/h3-11,17,22H,12-13H2,1-2H3/t17-,19+/m1/s1. The van der Waals surface area contributed by atoms with Crippen molar-refractivity contribution in [2.75, 3.05) is 7.11 Å². The Balaban J connectivity index is 1.88. The van der Waals surface area contributed by atoms with Crippen molar-refractivity contribution in [2.45, 2.75) is 31.5 Å². The maximum absolute atomic E-state index is 12.6. The quantitative estimate of drug-likeness (QED) is 0.944. The van der Waals surface area contributed by atoms with E-state index in [1.54, 1.807) is 18.9 Å². The number of carbonyl (C=O) groups excluding carboxylic acids is 1. The van der Waals surface area contributed by atoms with Crippen LogP contribution < -0.4 is 4.74 Å². The van der Waals surface area contributed by atoms with Crippen LogP contribution >= 0.6 is 0 Å². The Morgan fingerprint density at radius 3 is 2.43 bits per heavy atom. The normalized spacial score (nSPS) is 24.0. The van der Waals surface area contributed by atoms with Crippen LogP contribution in [0.1, 0.15) is 30.5 Å². The molecule has 120 valence electrons. The Kier molecular flexibility index (Phi) is 4.09. The van der Waals surface area contributed by atoms with E-state index in [4.69, 9.17) is 4.74 Å². The summed E-state index contributed by atoms with van der Waals surface area (Å²) in [5, 5.41) is 10.4. The van der Waals surface area contributed by atoms with E-state index in [2.05, 4.69) is 0 Å². The minimum absolute atomic E-state index is 0.110. The highest BCUT2D eigenvalue weighted by Crippen LogP contribution is 2.39. The van der Waals surface area contributed by atoms with Gasteiger partial charge in [-0.25, -0.2) is 0 Å². The number of methoxy groups -OCH3 is 1. The first-order chi connectivity index (χ1) is 11.0. The molecule has 0 aromatic heterocycles. The maximum atomic E-state index is 12.6. The fourth-order valence-corrected chi connectivity index (χ4v) is 3.11. The van der Waals surface area contributed by atoms with Crippen molar-refractivity contribution in [1.82, 2.24) is 4.90 Å². The highest BCUT2D eigenvalue weighted by atomic mass is 16.5. The van der Waals surface area contributed by atoms with Crippen LogP contribution in [0.4, 0.5) is 0 Å². The predicted molar refractivity (Wildman–Crippen MR) is 88.0 cm³/mol. The lowest BCUT2D eigenvalue weighted by Crippen LogP contribution is -2.37. The number of benzene rings is 2. The second-order valence-electron chi connectivity index (χ2n) is 6.19. The van der Waals surface area contributed by atoms with Crippen molar-refractivity contribution in [3.05, 3.63) is 65.7 Å². The zero-order valence-electron chi connectivity index (χ0n) is 13.4. The van der Waals surface area contributed by atoms with E-state index < -0.39 is 5.60 Å². The highest BCUT2D eigenvalue weighted by molar-refractivity contribution is 5.87. The van der Waals surface area contributed by atoms with E-state index >= 15 is 0 Å². The zero-order chi connectivity index (χ0) is 16.4. The first kappa shape index (κ1) is 15.6. The summed E-state index contributed by atoms with van der Waals surface area (Å²) in [6.45, 7) is 2.07. The number of likely N-dealkylation sites (tertiary alicyclic amines) is 1. The fraction of sp³-hybridized carbons (Fsp3) is 0.316. The van der Waals surface area contributed by atoms with Crippen LogP contribution in [0, 0.1) is 0 Å². The SMILES string of the molecule is COc1ccc(CN2C(=O)[C@@](C)(O)C[C@@H]2c2ccccc2)cc1. The Morgan fingerprint density at radius 1 is 1.17 bits per heavy atom. The summed E-state index contributed by atoms with van der Waals surface area (Å²) in [5.74, 6) is 0.565. The van der Waals surface area contributed by atoms with Gasteiger partial charge in [0.05, 0.1) is 13.2 Å². The molecule has 0 saturated carbocycles. The van der Waals surface area contributed by atoms with Gasteiger partial charge in [-0.1, -0.05) is 42.5 Å². The van der Waals surface area contributed by atoms with Gasteiger partial charge in [0.1, 0.15) is 11.4 Å². The van der Waals surface area contributed by atoms with Crippen LogP contribution in [-0.2, 0) is 11.3 Å². The van der Waals surface area contributed by atoms with Crippen LogP contribution in [-0.4, -0.2) is 28.6 Å². The summed E-state index contributed by atoms with van der Waals surface area (Å²) in [4.78, 5) is 14.4. The van der Waals surface area contributed by atoms with Crippen molar-refractivity contribution in [1.29, 1.82) is 0 Å². The van der Waals surface area contributed by atoms with Gasteiger partial charge in [-0.2, -0.15) is 0 Å². The van der Waals surface area contributed by atoms with E-state index in [9.17, 15) is 9.90 Å². The summed E-state index contributed by atoms with van der Waals surface area (Å²) in [6, 6.07) is 17.4. The highest BCUT2D eigenvalue weighted by Gasteiger charge is 2.47. The lowest BCUT2D eigenvalue weighted by molar-refractivity contribution is -0.142. The van der Waals surface area contributed by atoms with Gasteiger partial charge in [-0.05, 0) is 30.2 Å². The molecule has 0 spiro atoms. The van der Waals surface area contributed by atoms with Gasteiger partial charge in [-0.15, -0.1) is 0 Å². The molecule has 1 heterocycles. The van der Waals surface area contributed by atoms with Gasteiger partial charge in [-0.3, -0.25) is 4.79 Å². The van der Waals surface area contributed by atoms with Crippen LogP contribution in [0.3, 0.4) is 0 Å². The van der Waals surface area contributed by atoms with Crippen LogP contribution in [0.25, 0.3) is 0 Å². The number of hydrogen-bond acceptors (Lipinski definition) is 3. The molecular formula is C19H21NO3. The Morgan fingerprint density at radius 2 is 1.83 bits per heavy atom. The molecule has 1 saturated heterocycles. The summed E-state index contributed by atoms with van der Waals surface area (Å²) < 4.78 is 5.16. The third kappa shape index (κ3) is 3.08. The molecule has 1 N–H and O–H groups in total. The van der Waals surface area contributed by atoms with Gasteiger partial charge in [0, 0.05) is 13.0 Å². The van der Waals surface area contributed by atoms with Gasteiger partial charge in [0.2, 0.25) is 0 Å². The number of rotatable bonds is 4. The molecule has 2 aromatic rings. The number of amides is 1. The first-order valence-corrected chi connectivity index (χ1v) is 7.72. The van der Waals surface area contributed by atoms with E-state index in [1.165, 1.54) is 0 Å². The Bertz CT molecular complexity index is 680. The molecule has 3 rings (SSSR count). The molecule has 23 heavy (non-hydrogen) atoms. The van der Waals surface area contributed by atoms with Crippen molar-refractivity contribution in [2.24, 2.45) is 0 Å². The average Bonchev–Trinajstić information content (AvgIpc) is 2.80. The number of nitrogens with zero attached hydrogens (tertiary/aromatic N) is 1. The number of ether oxygens (including phenoxy) is 1. The second-order valence-corrected chi connectivity index (χ2v) is 6.19. The van der Waals surface area contributed by atoms with E-state index in [0.29, 0.717) is 13.0 Å². The predicted octanol–water partition coefficient (Wildman–Crippen LogP) is 2.92. The molecule has 1 aliphatic rings. The largest absolute Gasteiger partial charge is 0.497 e. The molecule has 4 heteroatoms. The third-order valence-corrected chi connectivity index (χ3v) is 4.38. The van der Waals surface area contributed by atoms with Crippen LogP contribution in [0.15, 0.2) is 54.6 Å². The fourth-order valence-electron chi connectivity index (χ4n) is 3.11. The van der Waals surface area contributed by atoms with E-state index in [-0.39, 0.29) is 11.9 Å². The molecule has 2 atom stereocenters. The third-order valence-electron chi connectivity index (χ3n) is 4.38. The summed E-state index contributed by atoms with van der Waals surface area (Å²) in [5.41, 5.74) is 0.748. The smallest absolute Gasteiger partial charge is 0.255 e. The maximum Gasteiger partial charge on any atom is 0.255 e. The van der Waals surface area contributed by atoms with Gasteiger partial charge in [0.25, 0.3) is 5.91 Å². The minimum atomic E-state index is -1.31. The summed E-state index contributed by atoms with van der Waals surface area (Å²) in [6.07, 6.45) is 0.409.